The summed E-state index contributed by atoms with van der Waals surface area (Å²) in [5.41, 5.74) is 6.18. The molecule has 0 saturated heterocycles. The SMILES string of the molecule is COc1ccccc1NC(=O)c1cc(-c2ccc(C)c(C)c2)nc2ccccc12. The Morgan fingerprint density at radius 3 is 2.45 bits per heavy atom. The minimum absolute atomic E-state index is 0.196. The van der Waals surface area contributed by atoms with Crippen molar-refractivity contribution in [1.29, 1.82) is 0 Å². The summed E-state index contributed by atoms with van der Waals surface area (Å²) < 4.78 is 5.36. The number of methoxy groups -OCH3 is 1. The molecule has 0 aliphatic heterocycles. The lowest BCUT2D eigenvalue weighted by molar-refractivity contribution is 0.102. The summed E-state index contributed by atoms with van der Waals surface area (Å²) in [7, 11) is 1.59. The van der Waals surface area contributed by atoms with E-state index < -0.39 is 0 Å². The van der Waals surface area contributed by atoms with Crippen molar-refractivity contribution in [1.82, 2.24) is 4.98 Å². The lowest BCUT2D eigenvalue weighted by Crippen LogP contribution is -2.13. The first-order valence-electron chi connectivity index (χ1n) is 9.48. The number of carbonyl (C=O) groups is 1. The second-order valence-electron chi connectivity index (χ2n) is 7.03. The van der Waals surface area contributed by atoms with Gasteiger partial charge in [-0.2, -0.15) is 0 Å². The van der Waals surface area contributed by atoms with Crippen LogP contribution >= 0.6 is 0 Å². The van der Waals surface area contributed by atoms with E-state index >= 15 is 0 Å². The standard InChI is InChI=1S/C25H22N2O2/c1-16-12-13-18(14-17(16)2)23-15-20(19-8-4-5-9-21(19)26-23)25(28)27-22-10-6-7-11-24(22)29-3/h4-15H,1-3H3,(H,27,28). The first-order chi connectivity index (χ1) is 14.1. The van der Waals surface area contributed by atoms with E-state index in [-0.39, 0.29) is 5.91 Å². The van der Waals surface area contributed by atoms with E-state index in [9.17, 15) is 4.79 Å². The van der Waals surface area contributed by atoms with Crippen LogP contribution in [0.25, 0.3) is 22.2 Å². The van der Waals surface area contributed by atoms with Gasteiger partial charge in [0.05, 0.1) is 29.6 Å². The molecule has 3 aromatic carbocycles. The summed E-state index contributed by atoms with van der Waals surface area (Å²) in [6, 6.07) is 23.2. The van der Waals surface area contributed by atoms with E-state index in [4.69, 9.17) is 9.72 Å². The van der Waals surface area contributed by atoms with Crippen molar-refractivity contribution in [3.8, 4) is 17.0 Å². The number of ether oxygens (including phenoxy) is 1. The lowest BCUT2D eigenvalue weighted by Gasteiger charge is -2.13. The van der Waals surface area contributed by atoms with Crippen LogP contribution in [-0.4, -0.2) is 18.0 Å². The van der Waals surface area contributed by atoms with Gasteiger partial charge in [-0.25, -0.2) is 4.98 Å². The molecule has 0 aliphatic carbocycles. The van der Waals surface area contributed by atoms with Crippen LogP contribution in [0.4, 0.5) is 5.69 Å². The van der Waals surface area contributed by atoms with Gasteiger partial charge in [-0.15, -0.1) is 0 Å². The van der Waals surface area contributed by atoms with Crippen LogP contribution in [0, 0.1) is 13.8 Å². The Balaban J connectivity index is 1.82. The fourth-order valence-corrected chi connectivity index (χ4v) is 3.35. The number of carbonyl (C=O) groups excluding carboxylic acids is 1. The van der Waals surface area contributed by atoms with Gasteiger partial charge in [0.2, 0.25) is 0 Å². The molecule has 0 aliphatic rings. The van der Waals surface area contributed by atoms with Crippen molar-refractivity contribution in [2.45, 2.75) is 13.8 Å². The Morgan fingerprint density at radius 1 is 0.897 bits per heavy atom. The van der Waals surface area contributed by atoms with Gasteiger partial charge in [-0.1, -0.05) is 42.5 Å². The first kappa shape index (κ1) is 18.7. The normalized spacial score (nSPS) is 10.7. The van der Waals surface area contributed by atoms with Crippen molar-refractivity contribution in [2.24, 2.45) is 0 Å². The van der Waals surface area contributed by atoms with Gasteiger partial charge in [0.25, 0.3) is 5.91 Å². The van der Waals surface area contributed by atoms with Crippen LogP contribution in [0.5, 0.6) is 5.75 Å². The fraction of sp³-hybridized carbons (Fsp3) is 0.120. The predicted octanol–water partition coefficient (Wildman–Crippen LogP) is 5.78. The van der Waals surface area contributed by atoms with E-state index in [2.05, 4.69) is 31.3 Å². The molecule has 4 aromatic rings. The number of hydrogen-bond acceptors (Lipinski definition) is 3. The summed E-state index contributed by atoms with van der Waals surface area (Å²) in [5, 5.41) is 3.79. The number of benzene rings is 3. The molecular weight excluding hydrogens is 360 g/mol. The average Bonchev–Trinajstić information content (AvgIpc) is 2.75. The third-order valence-electron chi connectivity index (χ3n) is 5.12. The quantitative estimate of drug-likeness (QED) is 0.487. The van der Waals surface area contributed by atoms with E-state index in [1.165, 1.54) is 11.1 Å². The number of anilines is 1. The highest BCUT2D eigenvalue weighted by molar-refractivity contribution is 6.13. The second-order valence-corrected chi connectivity index (χ2v) is 7.03. The summed E-state index contributed by atoms with van der Waals surface area (Å²) in [4.78, 5) is 18.0. The van der Waals surface area contributed by atoms with E-state index in [0.717, 1.165) is 22.2 Å². The zero-order valence-electron chi connectivity index (χ0n) is 16.7. The molecule has 0 spiro atoms. The van der Waals surface area contributed by atoms with E-state index in [1.54, 1.807) is 7.11 Å². The molecule has 0 bridgehead atoms. The number of nitrogens with one attached hydrogen (secondary N) is 1. The van der Waals surface area contributed by atoms with Crippen molar-refractivity contribution in [3.05, 3.63) is 89.5 Å². The molecule has 29 heavy (non-hydrogen) atoms. The number of aryl methyl sites for hydroxylation is 2. The van der Waals surface area contributed by atoms with Crippen LogP contribution in [0.3, 0.4) is 0 Å². The minimum Gasteiger partial charge on any atom is -0.495 e. The summed E-state index contributed by atoms with van der Waals surface area (Å²) >= 11 is 0. The number of hydrogen-bond donors (Lipinski definition) is 1. The van der Waals surface area contributed by atoms with Crippen LogP contribution in [0.1, 0.15) is 21.5 Å². The molecule has 0 atom stereocenters. The molecule has 0 fully saturated rings. The van der Waals surface area contributed by atoms with E-state index in [1.807, 2.05) is 60.7 Å². The maximum atomic E-state index is 13.2. The van der Waals surface area contributed by atoms with Gasteiger partial charge < -0.3 is 10.1 Å². The summed E-state index contributed by atoms with van der Waals surface area (Å²) in [6.07, 6.45) is 0. The highest BCUT2D eigenvalue weighted by Crippen LogP contribution is 2.28. The number of para-hydroxylation sites is 3. The van der Waals surface area contributed by atoms with Crippen LogP contribution in [0.15, 0.2) is 72.8 Å². The highest BCUT2D eigenvalue weighted by atomic mass is 16.5. The van der Waals surface area contributed by atoms with Gasteiger partial charge in [0, 0.05) is 10.9 Å². The van der Waals surface area contributed by atoms with Gasteiger partial charge >= 0.3 is 0 Å². The van der Waals surface area contributed by atoms with Gasteiger partial charge in [-0.3, -0.25) is 4.79 Å². The topological polar surface area (TPSA) is 51.2 Å². The van der Waals surface area contributed by atoms with Crippen LogP contribution in [0.2, 0.25) is 0 Å². The van der Waals surface area contributed by atoms with Crippen LogP contribution in [-0.2, 0) is 0 Å². The zero-order valence-corrected chi connectivity index (χ0v) is 16.7. The average molecular weight is 382 g/mol. The molecule has 144 valence electrons. The molecule has 0 unspecified atom stereocenters. The molecule has 4 rings (SSSR count). The smallest absolute Gasteiger partial charge is 0.256 e. The summed E-state index contributed by atoms with van der Waals surface area (Å²) in [5.74, 6) is 0.423. The van der Waals surface area contributed by atoms with Gasteiger partial charge in [0.15, 0.2) is 0 Å². The lowest BCUT2D eigenvalue weighted by atomic mass is 10.0. The van der Waals surface area contributed by atoms with Crippen molar-refractivity contribution in [3.63, 3.8) is 0 Å². The number of fused-ring (bicyclic) bond motifs is 1. The Hall–Kier alpha value is -3.66. The van der Waals surface area contributed by atoms with Crippen molar-refractivity contribution >= 4 is 22.5 Å². The Morgan fingerprint density at radius 2 is 1.66 bits per heavy atom. The third kappa shape index (κ3) is 3.69. The molecule has 4 nitrogen and oxygen atoms in total. The molecule has 1 aromatic heterocycles. The van der Waals surface area contributed by atoms with Gasteiger partial charge in [-0.05, 0) is 55.3 Å². The minimum atomic E-state index is -0.196. The van der Waals surface area contributed by atoms with Crippen LogP contribution < -0.4 is 10.1 Å². The predicted molar refractivity (Wildman–Crippen MR) is 118 cm³/mol. The molecule has 4 heteroatoms. The maximum Gasteiger partial charge on any atom is 0.256 e. The highest BCUT2D eigenvalue weighted by Gasteiger charge is 2.16. The Bertz CT molecular complexity index is 1210. The molecule has 0 saturated carbocycles. The number of aromatic nitrogens is 1. The molecule has 0 radical (unpaired) electrons. The number of amides is 1. The summed E-state index contributed by atoms with van der Waals surface area (Å²) in [6.45, 7) is 4.16. The molecular formula is C25H22N2O2. The Labute approximate surface area is 170 Å². The van der Waals surface area contributed by atoms with E-state index in [0.29, 0.717) is 17.0 Å². The molecule has 1 amide bonds. The van der Waals surface area contributed by atoms with Crippen molar-refractivity contribution in [2.75, 3.05) is 12.4 Å². The third-order valence-corrected chi connectivity index (χ3v) is 5.12. The molecule has 1 heterocycles. The second kappa shape index (κ2) is 7.76. The van der Waals surface area contributed by atoms with Gasteiger partial charge in [0.1, 0.15) is 5.75 Å². The Kier molecular flexibility index (Phi) is 5.00. The number of rotatable bonds is 4. The number of pyridine rings is 1. The largest absolute Gasteiger partial charge is 0.495 e. The molecule has 1 N–H and O–H groups in total. The number of nitrogens with zero attached hydrogens (tertiary/aromatic N) is 1. The first-order valence-corrected chi connectivity index (χ1v) is 9.48. The maximum absolute atomic E-state index is 13.2. The fourth-order valence-electron chi connectivity index (χ4n) is 3.35. The monoisotopic (exact) mass is 382 g/mol. The zero-order chi connectivity index (χ0) is 20.4. The van der Waals surface area contributed by atoms with Crippen molar-refractivity contribution < 1.29 is 9.53 Å².